The molecule has 4 nitrogen and oxygen atoms in total. The fourth-order valence-electron chi connectivity index (χ4n) is 9.49. The van der Waals surface area contributed by atoms with Gasteiger partial charge in [-0.15, -0.1) is 22.7 Å². The van der Waals surface area contributed by atoms with Crippen molar-refractivity contribution in [2.24, 2.45) is 0 Å². The third kappa shape index (κ3) is 8.92. The van der Waals surface area contributed by atoms with Crippen LogP contribution in [0.15, 0.2) is 146 Å². The summed E-state index contributed by atoms with van der Waals surface area (Å²) in [5.74, 6) is 4.98. The molecule has 0 unspecified atom stereocenters. The lowest BCUT2D eigenvalue weighted by atomic mass is 9.87. The first-order chi connectivity index (χ1) is 32.5. The summed E-state index contributed by atoms with van der Waals surface area (Å²) in [6, 6.07) is 52.1. The maximum atomic E-state index is 5.62. The Labute approximate surface area is 398 Å². The van der Waals surface area contributed by atoms with Crippen LogP contribution >= 0.6 is 22.7 Å². The molecule has 4 aromatic carbocycles. The minimum absolute atomic E-state index is 0.803. The van der Waals surface area contributed by atoms with Crippen LogP contribution in [-0.4, -0.2) is 47.0 Å². The first kappa shape index (κ1) is 42.8. The lowest BCUT2D eigenvalue weighted by molar-refractivity contribution is 0.343. The first-order valence-corrected chi connectivity index (χ1v) is 24.2. The standard InChI is InChI=1S/C60H48N4S2/c1-63(37-41-17-7-3-8-18-41)39-45-25-15-27-47(45)59-51-31-29-49(61-51)57(43-21-11-5-12-22-43)53-33-34-54(65-53)58(44-23-13-6-14-24-44)50-30-32-52(62-50)60(56-36-35-55(59)66-56)48-28-16-26-46(48)40-64(2)38-42-19-9-4-10-20-42/h3-36H,37-40H2,1-2H3. The molecule has 2 saturated carbocycles. The molecule has 10 radical (unpaired) electrons. The number of aromatic nitrogens is 2. The molecular formula is C60H48N4S2. The normalized spacial score (nSPS) is 15.8. The van der Waals surface area contributed by atoms with Crippen LogP contribution in [0, 0.1) is 62.2 Å². The van der Waals surface area contributed by atoms with Gasteiger partial charge < -0.3 is 9.80 Å². The largest absolute Gasteiger partial charge is 0.301 e. The molecule has 2 fully saturated rings. The Hall–Kier alpha value is -5.76. The van der Waals surface area contributed by atoms with E-state index in [1.54, 1.807) is 11.3 Å². The first-order valence-electron chi connectivity index (χ1n) is 22.6. The number of rotatable bonds is 12. The summed E-state index contributed by atoms with van der Waals surface area (Å²) in [5.41, 5.74) is 13.3. The predicted molar refractivity (Wildman–Crippen MR) is 279 cm³/mol. The van der Waals surface area contributed by atoms with E-state index in [0.717, 1.165) is 91.7 Å². The van der Waals surface area contributed by atoms with Crippen LogP contribution in [0.3, 0.4) is 0 Å². The van der Waals surface area contributed by atoms with Gasteiger partial charge in [0.05, 0.1) is 22.8 Å². The van der Waals surface area contributed by atoms with Crippen LogP contribution in [0.2, 0.25) is 0 Å². The van der Waals surface area contributed by atoms with Crippen molar-refractivity contribution in [1.82, 2.24) is 19.8 Å². The fourth-order valence-corrected chi connectivity index (χ4v) is 11.8. The maximum Gasteiger partial charge on any atom is 0.0730 e. The van der Waals surface area contributed by atoms with Gasteiger partial charge in [0.2, 0.25) is 0 Å². The van der Waals surface area contributed by atoms with Gasteiger partial charge in [0.25, 0.3) is 0 Å². The molecule has 0 saturated heterocycles. The zero-order valence-corrected chi connectivity index (χ0v) is 38.7. The zero-order valence-electron chi connectivity index (χ0n) is 37.1. The average molecular weight is 889 g/mol. The number of fused-ring (bicyclic) bond motifs is 8. The Morgan fingerprint density at radius 3 is 1.08 bits per heavy atom. The smallest absolute Gasteiger partial charge is 0.0730 e. The molecule has 5 heterocycles. The van der Waals surface area contributed by atoms with Crippen molar-refractivity contribution in [2.75, 3.05) is 27.2 Å². The molecule has 8 bridgehead atoms. The highest BCUT2D eigenvalue weighted by molar-refractivity contribution is 7.24. The topological polar surface area (TPSA) is 32.3 Å². The van der Waals surface area contributed by atoms with Crippen molar-refractivity contribution in [3.63, 3.8) is 0 Å². The monoisotopic (exact) mass is 888 g/mol. The molecule has 66 heavy (non-hydrogen) atoms. The SMILES string of the molecule is CN(C[C]1[CH][CH][CH][C]1c1c2nc(c(-c3ccccc3)c3ccc(s3)c(-c3ccccc3)c3nc(c([C]4[CH][CH][CH][C]4CN(C)Cc4ccccc4)c4ccc1s4)C=C3)C=C2)Cc1ccccc1. The quantitative estimate of drug-likeness (QED) is 0.122. The number of benzene rings is 4. The Morgan fingerprint density at radius 1 is 0.364 bits per heavy atom. The van der Waals surface area contributed by atoms with Gasteiger partial charge in [-0.2, -0.15) is 0 Å². The molecule has 0 amide bonds. The lowest BCUT2D eigenvalue weighted by Gasteiger charge is -2.25. The van der Waals surface area contributed by atoms with Crippen LogP contribution in [0.1, 0.15) is 45.0 Å². The van der Waals surface area contributed by atoms with Crippen LogP contribution < -0.4 is 0 Å². The van der Waals surface area contributed by atoms with Crippen LogP contribution in [0.4, 0.5) is 0 Å². The van der Waals surface area contributed by atoms with Gasteiger partial charge in [0.1, 0.15) is 0 Å². The van der Waals surface area contributed by atoms with Crippen molar-refractivity contribution < 1.29 is 0 Å². The van der Waals surface area contributed by atoms with Crippen molar-refractivity contribution in [2.45, 2.75) is 13.1 Å². The second-order valence-corrected chi connectivity index (χ2v) is 19.4. The summed E-state index contributed by atoms with van der Waals surface area (Å²) in [6.07, 6.45) is 22.5. The molecule has 4 aliphatic rings. The van der Waals surface area contributed by atoms with Gasteiger partial charge in [-0.05, 0) is 123 Å². The second-order valence-electron chi connectivity index (χ2n) is 17.2. The maximum absolute atomic E-state index is 5.62. The number of nitrogens with zero attached hydrogens (tertiary/aromatic N) is 4. The van der Waals surface area contributed by atoms with E-state index in [4.69, 9.17) is 9.97 Å². The minimum atomic E-state index is 0.803. The summed E-state index contributed by atoms with van der Waals surface area (Å²) in [4.78, 5) is 16.1. The average Bonchev–Trinajstić information content (AvgIpc) is 4.22. The Kier molecular flexibility index (Phi) is 12.5. The number of hydrogen-bond donors (Lipinski definition) is 0. The molecule has 6 heteroatoms. The van der Waals surface area contributed by atoms with E-state index in [2.05, 4.69) is 232 Å². The van der Waals surface area contributed by atoms with Gasteiger partial charge >= 0.3 is 0 Å². The van der Waals surface area contributed by atoms with Crippen LogP contribution in [0.25, 0.3) is 65.4 Å². The summed E-state index contributed by atoms with van der Waals surface area (Å²) in [7, 11) is 4.42. The second kappa shape index (κ2) is 19.2. The molecule has 0 spiro atoms. The van der Waals surface area contributed by atoms with Gasteiger partial charge in [-0.25, -0.2) is 9.97 Å². The van der Waals surface area contributed by atoms with E-state index in [9.17, 15) is 0 Å². The van der Waals surface area contributed by atoms with Crippen LogP contribution in [-0.2, 0) is 13.1 Å². The Balaban J connectivity index is 1.13. The Bertz CT molecular complexity index is 2840. The summed E-state index contributed by atoms with van der Waals surface area (Å²) in [5, 5.41) is 0. The predicted octanol–water partition coefficient (Wildman–Crippen LogP) is 14.0. The molecular weight excluding hydrogens is 841 g/mol. The van der Waals surface area contributed by atoms with Crippen LogP contribution in [0.5, 0.6) is 0 Å². The summed E-state index contributed by atoms with van der Waals surface area (Å²) >= 11 is 3.64. The highest BCUT2D eigenvalue weighted by Crippen LogP contribution is 2.48. The van der Waals surface area contributed by atoms with Crippen molar-refractivity contribution in [1.29, 1.82) is 0 Å². The molecule has 2 aliphatic heterocycles. The molecule has 7 aromatic rings. The van der Waals surface area contributed by atoms with Gasteiger partial charge in [0, 0.05) is 90.9 Å². The number of thiophene rings is 2. The number of hydrogen-bond acceptors (Lipinski definition) is 6. The van der Waals surface area contributed by atoms with E-state index < -0.39 is 0 Å². The van der Waals surface area contributed by atoms with E-state index in [-0.39, 0.29) is 0 Å². The molecule has 320 valence electrons. The fraction of sp³-hybridized carbons (Fsp3) is 0.100. The van der Waals surface area contributed by atoms with Crippen molar-refractivity contribution >= 4 is 65.8 Å². The van der Waals surface area contributed by atoms with Crippen molar-refractivity contribution in [3.8, 4) is 22.3 Å². The van der Waals surface area contributed by atoms with Crippen molar-refractivity contribution in [3.05, 3.63) is 253 Å². The molecule has 2 aliphatic carbocycles. The van der Waals surface area contributed by atoms with Gasteiger partial charge in [-0.3, -0.25) is 0 Å². The van der Waals surface area contributed by atoms with E-state index in [0.29, 0.717) is 0 Å². The summed E-state index contributed by atoms with van der Waals surface area (Å²) in [6.45, 7) is 3.33. The molecule has 11 rings (SSSR count). The molecule has 3 aromatic heterocycles. The minimum Gasteiger partial charge on any atom is -0.301 e. The highest BCUT2D eigenvalue weighted by Gasteiger charge is 2.37. The third-order valence-electron chi connectivity index (χ3n) is 12.4. The van der Waals surface area contributed by atoms with Gasteiger partial charge in [0.15, 0.2) is 0 Å². The van der Waals surface area contributed by atoms with E-state index in [1.165, 1.54) is 44.2 Å². The zero-order chi connectivity index (χ0) is 44.4. The molecule has 0 N–H and O–H groups in total. The summed E-state index contributed by atoms with van der Waals surface area (Å²) < 4.78 is 4.68. The lowest BCUT2D eigenvalue weighted by Crippen LogP contribution is -2.26. The highest BCUT2D eigenvalue weighted by atomic mass is 32.1. The van der Waals surface area contributed by atoms with E-state index in [1.807, 2.05) is 11.3 Å². The molecule has 0 atom stereocenters. The Morgan fingerprint density at radius 2 is 0.697 bits per heavy atom. The third-order valence-corrected chi connectivity index (χ3v) is 14.7. The van der Waals surface area contributed by atoms with E-state index >= 15 is 0 Å². The van der Waals surface area contributed by atoms with Gasteiger partial charge in [-0.1, -0.05) is 121 Å².